The number of methoxy groups -OCH3 is 1. The summed E-state index contributed by atoms with van der Waals surface area (Å²) in [4.78, 5) is 14.9. The second-order valence-electron chi connectivity index (χ2n) is 8.39. The third-order valence-corrected chi connectivity index (χ3v) is 5.86. The van der Waals surface area contributed by atoms with E-state index in [1.165, 1.54) is 0 Å². The Morgan fingerprint density at radius 1 is 1.06 bits per heavy atom. The number of amides is 1. The zero-order chi connectivity index (χ0) is 24.8. The van der Waals surface area contributed by atoms with Crippen LogP contribution in [0.4, 0.5) is 0 Å². The number of hydrogen-bond acceptors (Lipinski definition) is 5. The summed E-state index contributed by atoms with van der Waals surface area (Å²) in [6, 6.07) is 23.7. The van der Waals surface area contributed by atoms with Gasteiger partial charge in [-0.15, -0.1) is 0 Å². The van der Waals surface area contributed by atoms with Crippen molar-refractivity contribution in [1.29, 1.82) is 5.41 Å². The number of carbonyl (C=O) groups excluding carboxylic acids is 1. The van der Waals surface area contributed by atoms with Gasteiger partial charge in [0.05, 0.1) is 30.1 Å². The van der Waals surface area contributed by atoms with E-state index in [9.17, 15) is 4.79 Å². The zero-order valence-electron chi connectivity index (χ0n) is 20.2. The molecule has 1 amide bonds. The van der Waals surface area contributed by atoms with Gasteiger partial charge < -0.3 is 20.4 Å². The second-order valence-corrected chi connectivity index (χ2v) is 8.39. The lowest BCUT2D eigenvalue weighted by molar-refractivity contribution is -0.117. The van der Waals surface area contributed by atoms with Gasteiger partial charge in [-0.25, -0.2) is 4.68 Å². The monoisotopic (exact) mass is 467 g/mol. The minimum atomic E-state index is -0.268. The predicted molar refractivity (Wildman–Crippen MR) is 139 cm³/mol. The Labute approximate surface area is 205 Å². The van der Waals surface area contributed by atoms with Crippen molar-refractivity contribution in [3.05, 3.63) is 101 Å². The van der Waals surface area contributed by atoms with Crippen LogP contribution in [-0.4, -0.2) is 48.0 Å². The number of nitrogens with one attached hydrogen (secondary N) is 2. The average Bonchev–Trinajstić information content (AvgIpc) is 3.31. The van der Waals surface area contributed by atoms with Gasteiger partial charge in [0.1, 0.15) is 5.75 Å². The topological polar surface area (TPSA) is 83.2 Å². The van der Waals surface area contributed by atoms with Gasteiger partial charge in [-0.2, -0.15) is 5.10 Å². The summed E-state index contributed by atoms with van der Waals surface area (Å²) in [5.41, 5.74) is 5.11. The van der Waals surface area contributed by atoms with Crippen LogP contribution < -0.4 is 10.1 Å². The SMILES string of the molecule is COc1ccc2c(cnn2-c2ccc(CNC(=O)/C(C=N)=C(\Cc3ccccc3)N(C)C)cc2)c1. The van der Waals surface area contributed by atoms with Crippen LogP contribution in [0.1, 0.15) is 11.1 Å². The van der Waals surface area contributed by atoms with Crippen LogP contribution >= 0.6 is 0 Å². The Morgan fingerprint density at radius 3 is 2.46 bits per heavy atom. The van der Waals surface area contributed by atoms with Crippen molar-refractivity contribution in [3.8, 4) is 11.4 Å². The van der Waals surface area contributed by atoms with E-state index in [1.54, 1.807) is 7.11 Å². The summed E-state index contributed by atoms with van der Waals surface area (Å²) in [7, 11) is 5.43. The molecule has 4 rings (SSSR count). The molecule has 1 heterocycles. The molecule has 1 aromatic heterocycles. The molecule has 0 aliphatic heterocycles. The van der Waals surface area contributed by atoms with E-state index in [0.29, 0.717) is 18.5 Å². The van der Waals surface area contributed by atoms with Crippen LogP contribution in [-0.2, 0) is 17.8 Å². The first-order chi connectivity index (χ1) is 17.0. The molecule has 0 saturated heterocycles. The molecule has 0 aliphatic rings. The Balaban J connectivity index is 1.47. The number of carbonyl (C=O) groups is 1. The third-order valence-electron chi connectivity index (χ3n) is 5.86. The fraction of sp³-hybridized carbons (Fsp3) is 0.179. The number of benzene rings is 3. The van der Waals surface area contributed by atoms with E-state index in [-0.39, 0.29) is 5.91 Å². The lowest BCUT2D eigenvalue weighted by Gasteiger charge is -2.20. The first-order valence-corrected chi connectivity index (χ1v) is 11.3. The molecule has 2 N–H and O–H groups in total. The zero-order valence-corrected chi connectivity index (χ0v) is 20.2. The highest BCUT2D eigenvalue weighted by molar-refractivity contribution is 6.12. The van der Waals surface area contributed by atoms with Crippen molar-refractivity contribution in [3.63, 3.8) is 0 Å². The molecule has 0 aliphatic carbocycles. The summed E-state index contributed by atoms with van der Waals surface area (Å²) < 4.78 is 7.17. The van der Waals surface area contributed by atoms with Gasteiger partial charge in [0.25, 0.3) is 5.91 Å². The quantitative estimate of drug-likeness (QED) is 0.283. The highest BCUT2D eigenvalue weighted by Crippen LogP contribution is 2.23. The van der Waals surface area contributed by atoms with Crippen molar-refractivity contribution >= 4 is 23.0 Å². The van der Waals surface area contributed by atoms with E-state index < -0.39 is 0 Å². The molecular formula is C28H29N5O2. The maximum Gasteiger partial charge on any atom is 0.254 e. The van der Waals surface area contributed by atoms with Crippen LogP contribution in [0.25, 0.3) is 16.6 Å². The van der Waals surface area contributed by atoms with Gasteiger partial charge in [0, 0.05) is 44.4 Å². The second kappa shape index (κ2) is 10.7. The maximum atomic E-state index is 13.0. The highest BCUT2D eigenvalue weighted by atomic mass is 16.5. The number of allylic oxidation sites excluding steroid dienone is 1. The van der Waals surface area contributed by atoms with E-state index in [2.05, 4.69) is 10.4 Å². The standard InChI is InChI=1S/C28H29N5O2/c1-32(2)27(15-20-7-5-4-6-8-20)25(17-29)28(34)30-18-21-9-11-23(12-10-21)33-26-14-13-24(35-3)16-22(26)19-31-33/h4-14,16-17,19,29H,15,18H2,1-3H3,(H,30,34)/b27-25+,29-17?. The molecule has 4 aromatic rings. The van der Waals surface area contributed by atoms with Crippen molar-refractivity contribution in [1.82, 2.24) is 20.0 Å². The molecule has 0 radical (unpaired) electrons. The Kier molecular flexibility index (Phi) is 7.26. The normalized spacial score (nSPS) is 11.6. The van der Waals surface area contributed by atoms with E-state index in [4.69, 9.17) is 10.1 Å². The van der Waals surface area contributed by atoms with Crippen LogP contribution in [0, 0.1) is 5.41 Å². The van der Waals surface area contributed by atoms with Crippen LogP contribution in [0.2, 0.25) is 0 Å². The molecule has 0 unspecified atom stereocenters. The molecule has 0 spiro atoms. The fourth-order valence-electron chi connectivity index (χ4n) is 3.94. The first kappa shape index (κ1) is 23.8. The first-order valence-electron chi connectivity index (χ1n) is 11.3. The molecule has 0 bridgehead atoms. The number of aromatic nitrogens is 2. The van der Waals surface area contributed by atoms with Gasteiger partial charge >= 0.3 is 0 Å². The molecule has 0 fully saturated rings. The molecule has 178 valence electrons. The number of nitrogens with zero attached hydrogens (tertiary/aromatic N) is 3. The van der Waals surface area contributed by atoms with Gasteiger partial charge in [-0.05, 0) is 41.5 Å². The molecule has 7 heteroatoms. The molecular weight excluding hydrogens is 438 g/mol. The summed E-state index contributed by atoms with van der Waals surface area (Å²) in [5.74, 6) is 0.526. The van der Waals surface area contributed by atoms with Crippen LogP contribution in [0.3, 0.4) is 0 Å². The lowest BCUT2D eigenvalue weighted by atomic mass is 10.0. The number of rotatable bonds is 9. The Hall–Kier alpha value is -4.39. The summed E-state index contributed by atoms with van der Waals surface area (Å²) in [6.45, 7) is 0.361. The van der Waals surface area contributed by atoms with Gasteiger partial charge in [0.15, 0.2) is 0 Å². The Morgan fingerprint density at radius 2 is 1.80 bits per heavy atom. The molecule has 0 saturated carbocycles. The highest BCUT2D eigenvalue weighted by Gasteiger charge is 2.16. The smallest absolute Gasteiger partial charge is 0.254 e. The maximum absolute atomic E-state index is 13.0. The molecule has 0 atom stereocenters. The van der Waals surface area contributed by atoms with Gasteiger partial charge in [0.2, 0.25) is 0 Å². The van der Waals surface area contributed by atoms with Gasteiger partial charge in [-0.3, -0.25) is 4.79 Å². The number of fused-ring (bicyclic) bond motifs is 1. The average molecular weight is 468 g/mol. The summed E-state index contributed by atoms with van der Waals surface area (Å²) in [5, 5.41) is 16.3. The minimum absolute atomic E-state index is 0.268. The Bertz CT molecular complexity index is 1360. The van der Waals surface area contributed by atoms with Crippen molar-refractivity contribution in [2.45, 2.75) is 13.0 Å². The van der Waals surface area contributed by atoms with Crippen molar-refractivity contribution in [2.75, 3.05) is 21.2 Å². The van der Waals surface area contributed by atoms with Gasteiger partial charge in [-0.1, -0.05) is 42.5 Å². The number of ether oxygens (including phenoxy) is 1. The number of likely N-dealkylation sites (N-methyl/N-ethyl adjacent to an activating group) is 1. The third kappa shape index (κ3) is 5.41. The number of hydrogen-bond donors (Lipinski definition) is 2. The predicted octanol–water partition coefficient (Wildman–Crippen LogP) is 4.36. The molecule has 3 aromatic carbocycles. The largest absolute Gasteiger partial charge is 0.497 e. The fourth-order valence-corrected chi connectivity index (χ4v) is 3.94. The molecule has 7 nitrogen and oxygen atoms in total. The van der Waals surface area contributed by atoms with E-state index in [0.717, 1.165) is 45.4 Å². The van der Waals surface area contributed by atoms with Crippen molar-refractivity contribution < 1.29 is 9.53 Å². The molecule has 35 heavy (non-hydrogen) atoms. The summed E-state index contributed by atoms with van der Waals surface area (Å²) >= 11 is 0. The van der Waals surface area contributed by atoms with E-state index in [1.807, 2.05) is 103 Å². The summed E-state index contributed by atoms with van der Waals surface area (Å²) in [6.07, 6.45) is 3.52. The van der Waals surface area contributed by atoms with Crippen molar-refractivity contribution in [2.24, 2.45) is 0 Å². The van der Waals surface area contributed by atoms with E-state index >= 15 is 0 Å². The van der Waals surface area contributed by atoms with Crippen LogP contribution in [0.5, 0.6) is 5.75 Å². The minimum Gasteiger partial charge on any atom is -0.497 e. The lowest BCUT2D eigenvalue weighted by Crippen LogP contribution is -2.29. The van der Waals surface area contributed by atoms with Crippen LogP contribution in [0.15, 0.2) is 90.3 Å².